The zero-order valence-corrected chi connectivity index (χ0v) is 27.1. The molecule has 0 aromatic heterocycles. The third-order valence-corrected chi connectivity index (χ3v) is 8.58. The fraction of sp³-hybridized carbons (Fsp3) is 0.579. The molecule has 0 unspecified atom stereocenters. The van der Waals surface area contributed by atoms with Crippen LogP contribution >= 0.6 is 0 Å². The van der Waals surface area contributed by atoms with Crippen LogP contribution < -0.4 is 0 Å². The van der Waals surface area contributed by atoms with Gasteiger partial charge in [-0.1, -0.05) is 114 Å². The van der Waals surface area contributed by atoms with Gasteiger partial charge >= 0.3 is 0 Å². The van der Waals surface area contributed by atoms with Crippen LogP contribution in [0.5, 0.6) is 0 Å². The largest absolute Gasteiger partial charge is 0.396 e. The van der Waals surface area contributed by atoms with Gasteiger partial charge in [-0.2, -0.15) is 0 Å². The van der Waals surface area contributed by atoms with Gasteiger partial charge in [0.05, 0.1) is 13.2 Å². The van der Waals surface area contributed by atoms with Crippen LogP contribution in [0, 0.1) is 17.8 Å². The monoisotopic (exact) mass is 610 g/mol. The Labute approximate surface area is 265 Å². The van der Waals surface area contributed by atoms with Crippen molar-refractivity contribution in [3.8, 4) is 0 Å². The molecule has 6 nitrogen and oxygen atoms in total. The highest BCUT2D eigenvalue weighted by Gasteiger charge is 2.21. The van der Waals surface area contributed by atoms with Crippen molar-refractivity contribution in [1.82, 2.24) is 0 Å². The minimum Gasteiger partial charge on any atom is -0.396 e. The molecule has 0 bridgehead atoms. The maximum Gasteiger partial charge on any atom is 0.147 e. The molecule has 1 saturated carbocycles. The molecule has 0 aliphatic heterocycles. The molecule has 2 aromatic carbocycles. The second kappa shape index (κ2) is 24.7. The smallest absolute Gasteiger partial charge is 0.147 e. The lowest BCUT2D eigenvalue weighted by molar-refractivity contribution is -0.106. The maximum atomic E-state index is 9.48. The Balaban J connectivity index is 0.000000681. The van der Waals surface area contributed by atoms with E-state index in [4.69, 9.17) is 10.2 Å². The fourth-order valence-electron chi connectivity index (χ4n) is 5.60. The molecule has 44 heavy (non-hydrogen) atoms. The van der Waals surface area contributed by atoms with E-state index < -0.39 is 0 Å². The number of benzene rings is 2. The van der Waals surface area contributed by atoms with Crippen molar-refractivity contribution in [3.05, 3.63) is 71.8 Å². The first-order chi connectivity index (χ1) is 21.3. The summed E-state index contributed by atoms with van der Waals surface area (Å²) in [4.78, 5) is 19.0. The molecule has 246 valence electrons. The Morgan fingerprint density at radius 2 is 1.23 bits per heavy atom. The molecule has 1 aliphatic rings. The van der Waals surface area contributed by atoms with E-state index in [2.05, 4.69) is 56.5 Å². The van der Waals surface area contributed by atoms with Crippen molar-refractivity contribution in [3.63, 3.8) is 0 Å². The molecule has 3 rings (SSSR count). The number of fused-ring (bicyclic) bond motifs is 1. The summed E-state index contributed by atoms with van der Waals surface area (Å²) in [6, 6.07) is 14.2. The zero-order valence-electron chi connectivity index (χ0n) is 27.1. The average Bonchev–Trinajstić information content (AvgIpc) is 3.07. The van der Waals surface area contributed by atoms with Crippen LogP contribution in [-0.2, 0) is 22.4 Å². The van der Waals surface area contributed by atoms with Crippen LogP contribution in [0.3, 0.4) is 0 Å². The number of hydrogen-bond donors (Lipinski definition) is 4. The number of aliphatic hydroxyl groups is 4. The van der Waals surface area contributed by atoms with Crippen molar-refractivity contribution < 1.29 is 30.0 Å². The van der Waals surface area contributed by atoms with E-state index in [0.717, 1.165) is 24.7 Å². The number of aldehydes is 2. The first kappa shape index (κ1) is 39.4. The van der Waals surface area contributed by atoms with Crippen LogP contribution in [0.1, 0.15) is 95.1 Å². The number of rotatable bonds is 18. The number of aliphatic hydroxyl groups excluding tert-OH is 4. The Morgan fingerprint density at radius 1 is 0.727 bits per heavy atom. The Hall–Kier alpha value is -2.64. The van der Waals surface area contributed by atoms with Crippen LogP contribution in [0.25, 0.3) is 10.8 Å². The van der Waals surface area contributed by atoms with Crippen molar-refractivity contribution in [2.45, 2.75) is 96.8 Å². The number of hydrogen-bond acceptors (Lipinski definition) is 6. The Kier molecular flexibility index (Phi) is 22.1. The van der Waals surface area contributed by atoms with Gasteiger partial charge in [0.15, 0.2) is 0 Å². The van der Waals surface area contributed by atoms with E-state index in [0.29, 0.717) is 12.6 Å². The number of carbonyl (C=O) groups excluding carboxylic acids is 2. The number of aryl methyl sites for hydroxylation is 2. The molecule has 0 saturated heterocycles. The Morgan fingerprint density at radius 3 is 1.66 bits per heavy atom. The highest BCUT2D eigenvalue weighted by Crippen LogP contribution is 2.34. The van der Waals surface area contributed by atoms with Crippen LogP contribution in [0.15, 0.2) is 60.7 Å². The fourth-order valence-corrected chi connectivity index (χ4v) is 5.60. The predicted octanol–water partition coefficient (Wildman–Crippen LogP) is 6.94. The summed E-state index contributed by atoms with van der Waals surface area (Å²) in [5.74, 6) is 1.89. The van der Waals surface area contributed by atoms with Crippen LogP contribution in [0.4, 0.5) is 0 Å². The SMILES string of the molecule is C=C(C=O)CO.C=C(C=O)CO.CCCCCc1ccc2cc(CCC3CCC(CCCCC(CO)CO)CC3)ccc2c1. The molecule has 1 aliphatic carbocycles. The van der Waals surface area contributed by atoms with E-state index in [1.54, 1.807) is 0 Å². The highest BCUT2D eigenvalue weighted by atomic mass is 16.3. The minimum atomic E-state index is -0.233. The molecule has 6 heteroatoms. The molecular formula is C38H58O6. The summed E-state index contributed by atoms with van der Waals surface area (Å²) in [5, 5.41) is 37.2. The van der Waals surface area contributed by atoms with Gasteiger partial charge in [0.1, 0.15) is 12.6 Å². The van der Waals surface area contributed by atoms with Gasteiger partial charge in [0, 0.05) is 30.3 Å². The highest BCUT2D eigenvalue weighted by molar-refractivity contribution is 5.83. The lowest BCUT2D eigenvalue weighted by Gasteiger charge is -2.28. The van der Waals surface area contributed by atoms with Gasteiger partial charge in [-0.15, -0.1) is 0 Å². The second-order valence-electron chi connectivity index (χ2n) is 12.3. The van der Waals surface area contributed by atoms with Crippen molar-refractivity contribution >= 4 is 23.3 Å². The third-order valence-electron chi connectivity index (χ3n) is 8.58. The molecule has 2 aromatic rings. The maximum absolute atomic E-state index is 9.48. The van der Waals surface area contributed by atoms with Gasteiger partial charge in [-0.05, 0) is 65.8 Å². The first-order valence-corrected chi connectivity index (χ1v) is 16.5. The van der Waals surface area contributed by atoms with Crippen LogP contribution in [0.2, 0.25) is 0 Å². The lowest BCUT2D eigenvalue weighted by Crippen LogP contribution is -2.15. The quantitative estimate of drug-likeness (QED) is 0.0826. The van der Waals surface area contributed by atoms with E-state index in [1.165, 1.54) is 98.9 Å². The number of carbonyl (C=O) groups is 2. The zero-order chi connectivity index (χ0) is 32.6. The molecule has 0 atom stereocenters. The topological polar surface area (TPSA) is 115 Å². The van der Waals surface area contributed by atoms with Gasteiger partial charge in [0.2, 0.25) is 0 Å². The molecule has 0 radical (unpaired) electrons. The average molecular weight is 611 g/mol. The van der Waals surface area contributed by atoms with Gasteiger partial charge in [0.25, 0.3) is 0 Å². The standard InChI is InChI=1S/C30H46O2.2C4H6O2/c1-2-3-4-8-26-16-18-30-21-27(17-19-29(30)20-26)15-14-25-12-10-24(11-13-25)7-5-6-9-28(22-31)23-32;2*1-4(2-5)3-6/h16-21,24-25,28,31-32H,2-15,22-23H2,1H3;2*2,6H,1,3H2. The van der Waals surface area contributed by atoms with Crippen molar-refractivity contribution in [1.29, 1.82) is 0 Å². The second-order valence-corrected chi connectivity index (χ2v) is 12.3. The summed E-state index contributed by atoms with van der Waals surface area (Å²) in [5.41, 5.74) is 3.42. The lowest BCUT2D eigenvalue weighted by atomic mass is 9.77. The van der Waals surface area contributed by atoms with Crippen molar-refractivity contribution in [2.24, 2.45) is 17.8 Å². The van der Waals surface area contributed by atoms with Crippen molar-refractivity contribution in [2.75, 3.05) is 26.4 Å². The summed E-state index contributed by atoms with van der Waals surface area (Å²) < 4.78 is 0. The predicted molar refractivity (Wildman–Crippen MR) is 182 cm³/mol. The third kappa shape index (κ3) is 17.0. The normalized spacial score (nSPS) is 16.0. The van der Waals surface area contributed by atoms with E-state index in [1.807, 2.05) is 0 Å². The van der Waals surface area contributed by atoms with E-state index in [-0.39, 0.29) is 43.5 Å². The molecule has 0 heterocycles. The first-order valence-electron chi connectivity index (χ1n) is 16.5. The van der Waals surface area contributed by atoms with Gasteiger partial charge in [-0.25, -0.2) is 0 Å². The Bertz CT molecular complexity index is 1060. The molecule has 0 spiro atoms. The molecule has 1 fully saturated rings. The van der Waals surface area contributed by atoms with Gasteiger partial charge in [-0.3, -0.25) is 9.59 Å². The van der Waals surface area contributed by atoms with E-state index in [9.17, 15) is 19.8 Å². The summed E-state index contributed by atoms with van der Waals surface area (Å²) in [6.07, 6.45) is 19.0. The summed E-state index contributed by atoms with van der Waals surface area (Å²) in [7, 11) is 0. The number of unbranched alkanes of at least 4 members (excludes halogenated alkanes) is 3. The van der Waals surface area contributed by atoms with Gasteiger partial charge < -0.3 is 20.4 Å². The summed E-state index contributed by atoms with van der Waals surface area (Å²) >= 11 is 0. The molecule has 4 N–H and O–H groups in total. The van der Waals surface area contributed by atoms with E-state index >= 15 is 0 Å². The molecule has 0 amide bonds. The molecular weight excluding hydrogens is 552 g/mol. The summed E-state index contributed by atoms with van der Waals surface area (Å²) in [6.45, 7) is 8.40. The minimum absolute atomic E-state index is 0.0914. The van der Waals surface area contributed by atoms with Crippen LogP contribution in [-0.4, -0.2) is 59.4 Å².